The zero-order chi connectivity index (χ0) is 10.3. The van der Waals surface area contributed by atoms with E-state index in [1.165, 1.54) is 0 Å². The molecule has 0 aliphatic heterocycles. The lowest BCUT2D eigenvalue weighted by atomic mass is 10.4. The first-order valence-electron chi connectivity index (χ1n) is 4.90. The summed E-state index contributed by atoms with van der Waals surface area (Å²) in [5.74, 6) is 0.631. The molecule has 0 spiro atoms. The molecule has 0 saturated heterocycles. The van der Waals surface area contributed by atoms with E-state index >= 15 is 0 Å². The number of nitrogens with zero attached hydrogens (tertiary/aromatic N) is 2. The molecule has 0 aromatic carbocycles. The molecule has 0 fully saturated rings. The number of hydrogen-bond donors (Lipinski definition) is 2. The molecule has 13 heavy (non-hydrogen) atoms. The van der Waals surface area contributed by atoms with E-state index in [1.54, 1.807) is 0 Å². The quantitative estimate of drug-likeness (QED) is 0.482. The fourth-order valence-electron chi connectivity index (χ4n) is 1.06. The van der Waals surface area contributed by atoms with Crippen LogP contribution in [0.5, 0.6) is 0 Å². The second kappa shape index (κ2) is 6.71. The highest BCUT2D eigenvalue weighted by atomic mass is 15.2. The van der Waals surface area contributed by atoms with Crippen LogP contribution in [0.3, 0.4) is 0 Å². The second-order valence-corrected chi connectivity index (χ2v) is 3.30. The molecule has 0 unspecified atom stereocenters. The minimum absolute atomic E-state index is 0.256. The highest BCUT2D eigenvalue weighted by molar-refractivity contribution is 5.78. The Hall–Kier alpha value is -0.770. The molecule has 78 valence electrons. The van der Waals surface area contributed by atoms with Crippen molar-refractivity contribution in [1.82, 2.24) is 4.90 Å². The van der Waals surface area contributed by atoms with Crippen molar-refractivity contribution in [2.75, 3.05) is 19.6 Å². The van der Waals surface area contributed by atoms with Crippen LogP contribution in [0.25, 0.3) is 0 Å². The molecule has 0 saturated carbocycles. The van der Waals surface area contributed by atoms with Crippen LogP contribution in [0.15, 0.2) is 4.99 Å². The maximum absolute atomic E-state index is 5.81. The van der Waals surface area contributed by atoms with Crippen LogP contribution in [0.2, 0.25) is 0 Å². The number of guanidine groups is 1. The van der Waals surface area contributed by atoms with Gasteiger partial charge in [0.25, 0.3) is 0 Å². The predicted octanol–water partition coefficient (Wildman–Crippen LogP) is 0.380. The van der Waals surface area contributed by atoms with Crippen molar-refractivity contribution in [3.63, 3.8) is 0 Å². The Morgan fingerprint density at radius 3 is 2.46 bits per heavy atom. The number of aliphatic imine (C=N–C) groups is 1. The summed E-state index contributed by atoms with van der Waals surface area (Å²) in [4.78, 5) is 6.33. The van der Waals surface area contributed by atoms with Crippen molar-refractivity contribution in [2.24, 2.45) is 16.5 Å². The third-order valence-corrected chi connectivity index (χ3v) is 1.73. The second-order valence-electron chi connectivity index (χ2n) is 3.30. The number of rotatable bonds is 5. The van der Waals surface area contributed by atoms with Crippen LogP contribution < -0.4 is 11.5 Å². The van der Waals surface area contributed by atoms with E-state index in [4.69, 9.17) is 11.5 Å². The largest absolute Gasteiger partial charge is 0.370 e. The summed E-state index contributed by atoms with van der Waals surface area (Å²) < 4.78 is 0. The van der Waals surface area contributed by atoms with Gasteiger partial charge in [0.05, 0.1) is 0 Å². The van der Waals surface area contributed by atoms with E-state index in [2.05, 4.69) is 11.9 Å². The topological polar surface area (TPSA) is 67.6 Å². The lowest BCUT2D eigenvalue weighted by molar-refractivity contribution is 0.425. The van der Waals surface area contributed by atoms with Crippen LogP contribution >= 0.6 is 0 Å². The molecule has 0 amide bonds. The maximum Gasteiger partial charge on any atom is 0.191 e. The highest BCUT2D eigenvalue weighted by Gasteiger charge is 2.04. The zero-order valence-electron chi connectivity index (χ0n) is 8.95. The molecule has 0 bridgehead atoms. The van der Waals surface area contributed by atoms with Gasteiger partial charge in [-0.25, -0.2) is 0 Å². The van der Waals surface area contributed by atoms with Crippen molar-refractivity contribution in [3.05, 3.63) is 0 Å². The fourth-order valence-corrected chi connectivity index (χ4v) is 1.06. The minimum atomic E-state index is 0.256. The monoisotopic (exact) mass is 186 g/mol. The average molecular weight is 186 g/mol. The molecule has 0 aromatic rings. The molecule has 0 radical (unpaired) electrons. The zero-order valence-corrected chi connectivity index (χ0v) is 8.95. The summed E-state index contributed by atoms with van der Waals surface area (Å²) in [6.07, 6.45) is 0.960. The Morgan fingerprint density at radius 2 is 2.08 bits per heavy atom. The third kappa shape index (κ3) is 5.47. The third-order valence-electron chi connectivity index (χ3n) is 1.73. The number of hydrogen-bond acceptors (Lipinski definition) is 2. The standard InChI is InChI=1S/C9H22N4/c1-4-13(7-5-6-10)9(11)12-8(2)3/h8H,4-7,10H2,1-3H3,(H2,11,12). The van der Waals surface area contributed by atoms with Crippen LogP contribution in [-0.2, 0) is 0 Å². The van der Waals surface area contributed by atoms with Crippen molar-refractivity contribution < 1.29 is 0 Å². The summed E-state index contributed by atoms with van der Waals surface area (Å²) in [7, 11) is 0. The lowest BCUT2D eigenvalue weighted by Gasteiger charge is -2.21. The molecule has 0 atom stereocenters. The molecule has 0 aromatic heterocycles. The Morgan fingerprint density at radius 1 is 1.46 bits per heavy atom. The van der Waals surface area contributed by atoms with Gasteiger partial charge in [-0.05, 0) is 33.7 Å². The molecular formula is C9H22N4. The summed E-state index contributed by atoms with van der Waals surface area (Å²) in [6, 6.07) is 0.256. The summed E-state index contributed by atoms with van der Waals surface area (Å²) in [5, 5.41) is 0. The minimum Gasteiger partial charge on any atom is -0.370 e. The summed E-state index contributed by atoms with van der Waals surface area (Å²) in [6.45, 7) is 8.59. The maximum atomic E-state index is 5.81. The van der Waals surface area contributed by atoms with E-state index in [0.717, 1.165) is 19.5 Å². The Kier molecular flexibility index (Phi) is 6.32. The molecule has 0 heterocycles. The van der Waals surface area contributed by atoms with Crippen molar-refractivity contribution in [3.8, 4) is 0 Å². The van der Waals surface area contributed by atoms with Crippen molar-refractivity contribution in [2.45, 2.75) is 33.2 Å². The van der Waals surface area contributed by atoms with Crippen LogP contribution in [0, 0.1) is 0 Å². The molecule has 0 rings (SSSR count). The smallest absolute Gasteiger partial charge is 0.191 e. The molecule has 0 aliphatic rings. The molecule has 4 N–H and O–H groups in total. The lowest BCUT2D eigenvalue weighted by Crippen LogP contribution is -2.39. The van der Waals surface area contributed by atoms with Gasteiger partial charge >= 0.3 is 0 Å². The summed E-state index contributed by atoms with van der Waals surface area (Å²) in [5.41, 5.74) is 11.2. The fraction of sp³-hybridized carbons (Fsp3) is 0.889. The van der Waals surface area contributed by atoms with Crippen molar-refractivity contribution >= 4 is 5.96 Å². The van der Waals surface area contributed by atoms with Gasteiger partial charge in [0.1, 0.15) is 0 Å². The number of nitrogens with two attached hydrogens (primary N) is 2. The van der Waals surface area contributed by atoms with Gasteiger partial charge in [-0.2, -0.15) is 0 Å². The first-order chi connectivity index (χ1) is 6.11. The Balaban J connectivity index is 4.06. The Labute approximate surface area is 81.0 Å². The van der Waals surface area contributed by atoms with Gasteiger partial charge < -0.3 is 16.4 Å². The van der Waals surface area contributed by atoms with Gasteiger partial charge in [0, 0.05) is 19.1 Å². The molecule has 4 nitrogen and oxygen atoms in total. The predicted molar refractivity (Wildman–Crippen MR) is 57.7 cm³/mol. The van der Waals surface area contributed by atoms with E-state index < -0.39 is 0 Å². The first-order valence-corrected chi connectivity index (χ1v) is 4.90. The SMILES string of the molecule is CCN(CCCN)C(N)=NC(C)C. The van der Waals surface area contributed by atoms with Crippen LogP contribution in [0.4, 0.5) is 0 Å². The van der Waals surface area contributed by atoms with E-state index in [-0.39, 0.29) is 6.04 Å². The van der Waals surface area contributed by atoms with Gasteiger partial charge in [-0.15, -0.1) is 0 Å². The first kappa shape index (κ1) is 12.2. The highest BCUT2D eigenvalue weighted by Crippen LogP contribution is 1.93. The van der Waals surface area contributed by atoms with Gasteiger partial charge in [0.15, 0.2) is 5.96 Å². The molecule has 0 aliphatic carbocycles. The van der Waals surface area contributed by atoms with Gasteiger partial charge in [-0.1, -0.05) is 0 Å². The summed E-state index contributed by atoms with van der Waals surface area (Å²) >= 11 is 0. The van der Waals surface area contributed by atoms with Crippen LogP contribution in [0.1, 0.15) is 27.2 Å². The molecule has 4 heteroatoms. The van der Waals surface area contributed by atoms with E-state index in [0.29, 0.717) is 12.5 Å². The van der Waals surface area contributed by atoms with Crippen LogP contribution in [-0.4, -0.2) is 36.5 Å². The normalized spacial score (nSPS) is 12.2. The van der Waals surface area contributed by atoms with Crippen molar-refractivity contribution in [1.29, 1.82) is 0 Å². The molecular weight excluding hydrogens is 164 g/mol. The van der Waals surface area contributed by atoms with E-state index in [1.807, 2.05) is 18.7 Å². The van der Waals surface area contributed by atoms with Gasteiger partial charge in [-0.3, -0.25) is 4.99 Å². The average Bonchev–Trinajstić information content (AvgIpc) is 2.04. The van der Waals surface area contributed by atoms with Gasteiger partial charge in [0.2, 0.25) is 0 Å². The Bertz CT molecular complexity index is 154. The van der Waals surface area contributed by atoms with E-state index in [9.17, 15) is 0 Å².